The number of unbranched alkanes of at least 4 members (excludes halogenated alkanes) is 4. The van der Waals surface area contributed by atoms with E-state index < -0.39 is 216 Å². The third kappa shape index (κ3) is 16.6. The molecule has 0 aliphatic carbocycles. The average molecular weight is 1160 g/mol. The summed E-state index contributed by atoms with van der Waals surface area (Å²) in [4.78, 5) is 10.9. The van der Waals surface area contributed by atoms with Crippen LogP contribution in [0.4, 0.5) is 0 Å². The standard InChI is InChI=1S/C49H86O30/c1-5-11-22(13-10-8-6-7-9-12-21(51)14-26(53)54)73-48-42(79-49-43(33(61)30(58)24(15-50)74-49)78-45-36(64)29(57)23(52)16-68-45)34(62)31(59)25(75-48)17-69-44-38(66)35(63)40(20(4)72-44)76-47-39(67)41(28(56)19(3)71-47)77-46-37(65)32(60)27(55)18(2)70-46/h18-25,27-52,55-67H,5-17H2,1-4H3,(H,53,54)/t18-,19+,20-,21-,22-,23-,24+,25+,27-,28+,29-,30+,31+,32+,33-,34-,35-,36+,37+,38+,39+,40-,41-,42+,43+,44+,45-,46-,47-,48+,49-/m0/s1. The number of carbonyl (C=O) groups is 1. The first-order valence-corrected chi connectivity index (χ1v) is 27.2. The normalized spacial score (nSPS) is 46.9. The van der Waals surface area contributed by atoms with Crippen LogP contribution in [0.1, 0.15) is 91.9 Å². The average Bonchev–Trinajstić information content (AvgIpc) is 3.50. The molecule has 6 saturated heterocycles. The van der Waals surface area contributed by atoms with Crippen molar-refractivity contribution in [2.75, 3.05) is 19.8 Å². The van der Waals surface area contributed by atoms with Crippen molar-refractivity contribution in [2.24, 2.45) is 0 Å². The smallest absolute Gasteiger partial charge is 0.305 e. The van der Waals surface area contributed by atoms with Crippen LogP contribution in [0.3, 0.4) is 0 Å². The number of aliphatic hydroxyl groups is 16. The second-order valence-corrected chi connectivity index (χ2v) is 21.4. The van der Waals surface area contributed by atoms with Gasteiger partial charge < -0.3 is 144 Å². The minimum absolute atomic E-state index is 0.328. The van der Waals surface area contributed by atoms with Gasteiger partial charge in [0, 0.05) is 0 Å². The zero-order valence-corrected chi connectivity index (χ0v) is 44.5. The van der Waals surface area contributed by atoms with Crippen molar-refractivity contribution in [1.29, 1.82) is 0 Å². The van der Waals surface area contributed by atoms with Crippen molar-refractivity contribution in [3.05, 3.63) is 0 Å². The van der Waals surface area contributed by atoms with Crippen molar-refractivity contribution in [1.82, 2.24) is 0 Å². The molecule has 31 atom stereocenters. The molecule has 79 heavy (non-hydrogen) atoms. The largest absolute Gasteiger partial charge is 0.481 e. The molecule has 0 aromatic rings. The lowest BCUT2D eigenvalue weighted by Gasteiger charge is -2.49. The summed E-state index contributed by atoms with van der Waals surface area (Å²) in [7, 11) is 0. The van der Waals surface area contributed by atoms with E-state index in [1.54, 1.807) is 0 Å². The summed E-state index contributed by atoms with van der Waals surface area (Å²) in [6.07, 6.45) is -44.7. The molecule has 6 heterocycles. The van der Waals surface area contributed by atoms with Gasteiger partial charge in [-0.2, -0.15) is 0 Å². The van der Waals surface area contributed by atoms with Gasteiger partial charge in [0.25, 0.3) is 0 Å². The van der Waals surface area contributed by atoms with Gasteiger partial charge in [0.05, 0.1) is 56.8 Å². The molecule has 0 unspecified atom stereocenters. The van der Waals surface area contributed by atoms with E-state index in [-0.39, 0.29) is 6.42 Å². The van der Waals surface area contributed by atoms with Crippen LogP contribution >= 0.6 is 0 Å². The molecule has 0 saturated carbocycles. The molecule has 17 N–H and O–H groups in total. The van der Waals surface area contributed by atoms with Crippen LogP contribution in [0.25, 0.3) is 0 Å². The number of hydrogen-bond donors (Lipinski definition) is 17. The van der Waals surface area contributed by atoms with Crippen LogP contribution in [0.2, 0.25) is 0 Å². The number of carboxylic acids is 1. The summed E-state index contributed by atoms with van der Waals surface area (Å²) in [5.41, 5.74) is 0. The lowest BCUT2D eigenvalue weighted by atomic mass is 9.96. The van der Waals surface area contributed by atoms with Crippen LogP contribution in [-0.4, -0.2) is 303 Å². The molecular weight excluding hydrogens is 1070 g/mol. The maximum atomic E-state index is 11.9. The summed E-state index contributed by atoms with van der Waals surface area (Å²) < 4.78 is 70.6. The van der Waals surface area contributed by atoms with Crippen LogP contribution in [0.5, 0.6) is 0 Å². The maximum Gasteiger partial charge on any atom is 0.305 e. The lowest BCUT2D eigenvalue weighted by molar-refractivity contribution is -0.394. The monoisotopic (exact) mass is 1150 g/mol. The van der Waals surface area contributed by atoms with Crippen molar-refractivity contribution < 1.29 is 148 Å². The van der Waals surface area contributed by atoms with E-state index in [0.717, 1.165) is 12.8 Å². The SMILES string of the molecule is CCC[C@@H](CCCCCCC[C@H](O)CC(=O)O)O[C@@H]1O[C@H](CO[C@@H]2O[C@@H](C)[C@H](O[C@@H]3O[C@H](C)[C@@H](O)[C@H](O[C@@H]4O[C@@H](C)[C@H](O)[C@@H](O)[C@H]4O)[C@H]3O)[C@@H](O)[C@H]2O)[C@@H](O)[C@H](O)[C@H]1O[C@@H]1O[C@H](CO)[C@@H](O)[C@H](O)[C@H]1O[C@@H]1OC[C@H](O)[C@H](O)[C@H]1O. The van der Waals surface area contributed by atoms with Crippen LogP contribution < -0.4 is 0 Å². The Morgan fingerprint density at radius 3 is 1.63 bits per heavy atom. The Morgan fingerprint density at radius 1 is 0.481 bits per heavy atom. The Morgan fingerprint density at radius 2 is 0.987 bits per heavy atom. The molecule has 0 aromatic carbocycles. The van der Waals surface area contributed by atoms with Crippen molar-refractivity contribution in [3.63, 3.8) is 0 Å². The molecule has 0 spiro atoms. The van der Waals surface area contributed by atoms with Gasteiger partial charge in [0.1, 0.15) is 122 Å². The van der Waals surface area contributed by atoms with Gasteiger partial charge in [-0.15, -0.1) is 0 Å². The Labute approximate surface area is 455 Å². The fourth-order valence-electron chi connectivity index (χ4n) is 10.4. The van der Waals surface area contributed by atoms with Gasteiger partial charge in [0.15, 0.2) is 37.7 Å². The number of aliphatic hydroxyl groups excluding tert-OH is 16. The van der Waals surface area contributed by atoms with Crippen LogP contribution in [0.15, 0.2) is 0 Å². The highest BCUT2D eigenvalue weighted by Gasteiger charge is 2.56. The highest BCUT2D eigenvalue weighted by atomic mass is 16.8. The summed E-state index contributed by atoms with van der Waals surface area (Å²) in [5, 5.41) is 182. The van der Waals surface area contributed by atoms with Crippen LogP contribution in [-0.2, 0) is 61.6 Å². The maximum absolute atomic E-state index is 11.9. The first kappa shape index (κ1) is 66.5. The molecule has 0 amide bonds. The first-order chi connectivity index (χ1) is 37.4. The van der Waals surface area contributed by atoms with Crippen molar-refractivity contribution in [3.8, 4) is 0 Å². The van der Waals surface area contributed by atoms with Gasteiger partial charge >= 0.3 is 5.97 Å². The van der Waals surface area contributed by atoms with Gasteiger partial charge in [-0.25, -0.2) is 0 Å². The fourth-order valence-corrected chi connectivity index (χ4v) is 10.4. The zero-order chi connectivity index (χ0) is 58.2. The number of ether oxygens (including phenoxy) is 12. The number of hydrogen-bond acceptors (Lipinski definition) is 29. The van der Waals surface area contributed by atoms with E-state index in [1.807, 2.05) is 6.92 Å². The second kappa shape index (κ2) is 30.4. The molecule has 6 fully saturated rings. The van der Waals surface area contributed by atoms with Gasteiger partial charge in [-0.05, 0) is 40.0 Å². The van der Waals surface area contributed by atoms with Crippen molar-refractivity contribution in [2.45, 2.75) is 282 Å². The quantitative estimate of drug-likeness (QED) is 0.0358. The van der Waals surface area contributed by atoms with E-state index in [0.29, 0.717) is 44.9 Å². The Bertz CT molecular complexity index is 1800. The summed E-state index contributed by atoms with van der Waals surface area (Å²) in [6, 6.07) is 0. The highest BCUT2D eigenvalue weighted by Crippen LogP contribution is 2.36. The summed E-state index contributed by atoms with van der Waals surface area (Å²) in [5.74, 6) is -1.09. The molecule has 6 rings (SSSR count). The fraction of sp³-hybridized carbons (Fsp3) is 0.980. The Balaban J connectivity index is 1.14. The van der Waals surface area contributed by atoms with E-state index in [1.165, 1.54) is 20.8 Å². The minimum Gasteiger partial charge on any atom is -0.481 e. The summed E-state index contributed by atoms with van der Waals surface area (Å²) in [6.45, 7) is 4.09. The lowest BCUT2D eigenvalue weighted by Crippen LogP contribution is -2.67. The Hall–Kier alpha value is -1.65. The van der Waals surface area contributed by atoms with Crippen LogP contribution in [0, 0.1) is 0 Å². The van der Waals surface area contributed by atoms with Crippen molar-refractivity contribution >= 4 is 5.97 Å². The number of carboxylic acid groups (broad SMARTS) is 1. The van der Waals surface area contributed by atoms with Gasteiger partial charge in [-0.1, -0.05) is 45.4 Å². The summed E-state index contributed by atoms with van der Waals surface area (Å²) >= 11 is 0. The van der Waals surface area contributed by atoms with E-state index in [2.05, 4.69) is 0 Å². The van der Waals surface area contributed by atoms with E-state index in [9.17, 15) is 86.5 Å². The second-order valence-electron chi connectivity index (χ2n) is 21.4. The van der Waals surface area contributed by atoms with Gasteiger partial charge in [-0.3, -0.25) is 4.79 Å². The third-order valence-electron chi connectivity index (χ3n) is 15.3. The molecule has 0 radical (unpaired) electrons. The molecule has 6 aliphatic heterocycles. The first-order valence-electron chi connectivity index (χ1n) is 27.2. The molecule has 0 bridgehead atoms. The number of rotatable bonds is 26. The van der Waals surface area contributed by atoms with E-state index >= 15 is 0 Å². The predicted octanol–water partition coefficient (Wildman–Crippen LogP) is -6.62. The molecule has 30 heteroatoms. The molecule has 30 nitrogen and oxygen atoms in total. The van der Waals surface area contributed by atoms with E-state index in [4.69, 9.17) is 61.9 Å². The Kier molecular flexibility index (Phi) is 25.6. The van der Waals surface area contributed by atoms with Gasteiger partial charge in [0.2, 0.25) is 0 Å². The highest BCUT2D eigenvalue weighted by molar-refractivity contribution is 5.67. The third-order valence-corrected chi connectivity index (χ3v) is 15.3. The predicted molar refractivity (Wildman–Crippen MR) is 257 cm³/mol. The molecule has 0 aromatic heterocycles. The topological polar surface area (TPSA) is 472 Å². The molecule has 462 valence electrons. The minimum atomic E-state index is -1.97. The molecule has 6 aliphatic rings. The number of aliphatic carboxylic acids is 1. The molecular formula is C49H86O30. The zero-order valence-electron chi connectivity index (χ0n) is 44.5.